The molecule has 0 amide bonds. The van der Waals surface area contributed by atoms with Gasteiger partial charge in [-0.05, 0) is 13.8 Å². The summed E-state index contributed by atoms with van der Waals surface area (Å²) in [5.41, 5.74) is 0.763. The molecule has 0 bridgehead atoms. The van der Waals surface area contributed by atoms with Crippen molar-refractivity contribution in [1.29, 1.82) is 0 Å². The van der Waals surface area contributed by atoms with Gasteiger partial charge in [0.1, 0.15) is 13.1 Å². The zero-order chi connectivity index (χ0) is 11.7. The molecule has 1 saturated heterocycles. The fourth-order valence-corrected chi connectivity index (χ4v) is 1.52. The highest BCUT2D eigenvalue weighted by Gasteiger charge is 2.25. The molecule has 0 atom stereocenters. The Kier molecular flexibility index (Phi) is 2.64. The van der Waals surface area contributed by atoms with Crippen molar-refractivity contribution in [2.75, 3.05) is 18.0 Å². The average Bonchev–Trinajstić information content (AvgIpc) is 2.64. The van der Waals surface area contributed by atoms with Crippen LogP contribution in [0, 0.1) is 0 Å². The first-order chi connectivity index (χ1) is 7.56. The lowest BCUT2D eigenvalue weighted by atomic mass is 10.3. The maximum absolute atomic E-state index is 11.1. The van der Waals surface area contributed by atoms with Crippen LogP contribution in [0.1, 0.15) is 19.9 Å². The summed E-state index contributed by atoms with van der Waals surface area (Å²) in [5, 5.41) is 4.15. The van der Waals surface area contributed by atoms with Gasteiger partial charge in [-0.3, -0.25) is 4.68 Å². The topological polar surface area (TPSA) is 64.4 Å². The number of rotatable bonds is 2. The van der Waals surface area contributed by atoms with Gasteiger partial charge in [0, 0.05) is 12.2 Å². The first-order valence-corrected chi connectivity index (χ1v) is 5.09. The lowest BCUT2D eigenvalue weighted by molar-refractivity contribution is -0.160. The summed E-state index contributed by atoms with van der Waals surface area (Å²) in [4.78, 5) is 23.8. The molecule has 0 unspecified atom stereocenters. The van der Waals surface area contributed by atoms with E-state index < -0.39 is 11.9 Å². The molecule has 86 valence electrons. The standard InChI is InChI=1S/C10H13N3O3/c1-7(2)13-4-8(3-11-13)12-5-9(14)16-10(15)6-12/h3-4,7H,5-6H2,1-2H3. The van der Waals surface area contributed by atoms with Crippen molar-refractivity contribution in [3.63, 3.8) is 0 Å². The first-order valence-electron chi connectivity index (χ1n) is 5.09. The summed E-state index contributed by atoms with van der Waals surface area (Å²) in [7, 11) is 0. The maximum atomic E-state index is 11.1. The number of anilines is 1. The van der Waals surface area contributed by atoms with E-state index in [-0.39, 0.29) is 19.1 Å². The van der Waals surface area contributed by atoms with E-state index in [1.54, 1.807) is 15.8 Å². The number of hydrogen-bond donors (Lipinski definition) is 0. The SMILES string of the molecule is CC(C)n1cc(N2CC(=O)OC(=O)C2)cn1. The molecule has 1 aliphatic heterocycles. The average molecular weight is 223 g/mol. The van der Waals surface area contributed by atoms with Gasteiger partial charge < -0.3 is 9.64 Å². The summed E-state index contributed by atoms with van der Waals surface area (Å²) in [6, 6.07) is 0.251. The van der Waals surface area contributed by atoms with Gasteiger partial charge in [0.25, 0.3) is 0 Å². The molecule has 0 N–H and O–H groups in total. The largest absolute Gasteiger partial charge is 0.390 e. The van der Waals surface area contributed by atoms with Crippen molar-refractivity contribution >= 4 is 17.6 Å². The van der Waals surface area contributed by atoms with Crippen LogP contribution in [0.3, 0.4) is 0 Å². The molecule has 0 spiro atoms. The molecule has 1 aromatic heterocycles. The summed E-state index contributed by atoms with van der Waals surface area (Å²) in [5.74, 6) is -1.04. The molecular formula is C10H13N3O3. The van der Waals surface area contributed by atoms with Crippen LogP contribution < -0.4 is 4.90 Å². The minimum absolute atomic E-state index is 0.0928. The van der Waals surface area contributed by atoms with Crippen LogP contribution >= 0.6 is 0 Å². The van der Waals surface area contributed by atoms with E-state index in [1.165, 1.54) is 0 Å². The first kappa shape index (κ1) is 10.7. The minimum atomic E-state index is -0.520. The van der Waals surface area contributed by atoms with Gasteiger partial charge in [-0.2, -0.15) is 5.10 Å². The number of aromatic nitrogens is 2. The molecule has 1 aromatic rings. The second-order valence-electron chi connectivity index (χ2n) is 3.97. The van der Waals surface area contributed by atoms with Gasteiger partial charge >= 0.3 is 11.9 Å². The summed E-state index contributed by atoms with van der Waals surface area (Å²) in [6.45, 7) is 4.20. The van der Waals surface area contributed by atoms with Gasteiger partial charge in [0.2, 0.25) is 0 Å². The normalized spacial score (nSPS) is 16.8. The zero-order valence-electron chi connectivity index (χ0n) is 9.21. The van der Waals surface area contributed by atoms with Crippen molar-refractivity contribution in [2.24, 2.45) is 0 Å². The van der Waals surface area contributed by atoms with Crippen LogP contribution in [0.2, 0.25) is 0 Å². The zero-order valence-corrected chi connectivity index (χ0v) is 9.21. The molecule has 6 nitrogen and oxygen atoms in total. The van der Waals surface area contributed by atoms with Gasteiger partial charge in [0.15, 0.2) is 0 Å². The van der Waals surface area contributed by atoms with Gasteiger partial charge in [0.05, 0.1) is 11.9 Å². The Balaban J connectivity index is 2.16. The highest BCUT2D eigenvalue weighted by Crippen LogP contribution is 2.17. The molecule has 2 rings (SSSR count). The van der Waals surface area contributed by atoms with Crippen LogP contribution in [0.15, 0.2) is 12.4 Å². The Bertz CT molecular complexity index is 409. The number of carbonyl (C=O) groups excluding carboxylic acids is 2. The third-order valence-electron chi connectivity index (χ3n) is 2.35. The highest BCUT2D eigenvalue weighted by atomic mass is 16.6. The van der Waals surface area contributed by atoms with Gasteiger partial charge in [-0.15, -0.1) is 0 Å². The van der Waals surface area contributed by atoms with Gasteiger partial charge in [-0.25, -0.2) is 9.59 Å². The van der Waals surface area contributed by atoms with Crippen LogP contribution in [-0.4, -0.2) is 34.8 Å². The molecule has 0 radical (unpaired) electrons. The third kappa shape index (κ3) is 2.05. The highest BCUT2D eigenvalue weighted by molar-refractivity contribution is 5.94. The summed E-state index contributed by atoms with van der Waals surface area (Å²) < 4.78 is 6.22. The van der Waals surface area contributed by atoms with E-state index in [2.05, 4.69) is 9.84 Å². The van der Waals surface area contributed by atoms with Crippen LogP contribution in [0.5, 0.6) is 0 Å². The van der Waals surface area contributed by atoms with Crippen LogP contribution in [0.4, 0.5) is 5.69 Å². The number of hydrogen-bond acceptors (Lipinski definition) is 5. The third-order valence-corrected chi connectivity index (χ3v) is 2.35. The van der Waals surface area contributed by atoms with Crippen molar-refractivity contribution in [3.8, 4) is 0 Å². The Labute approximate surface area is 92.8 Å². The molecule has 16 heavy (non-hydrogen) atoms. The Hall–Kier alpha value is -1.85. The molecule has 6 heteroatoms. The van der Waals surface area contributed by atoms with E-state index in [1.807, 2.05) is 20.0 Å². The predicted octanol–water partition coefficient (Wildman–Crippen LogP) is 0.354. The Morgan fingerprint density at radius 3 is 2.44 bits per heavy atom. The smallest absolute Gasteiger partial charge is 0.333 e. The Morgan fingerprint density at radius 2 is 1.94 bits per heavy atom. The molecule has 1 fully saturated rings. The lowest BCUT2D eigenvalue weighted by Crippen LogP contribution is -2.42. The number of carbonyl (C=O) groups is 2. The lowest BCUT2D eigenvalue weighted by Gasteiger charge is -2.24. The van der Waals surface area contributed by atoms with Crippen molar-refractivity contribution < 1.29 is 14.3 Å². The number of ether oxygens (including phenoxy) is 1. The number of esters is 2. The molecule has 0 saturated carbocycles. The molecule has 2 heterocycles. The van der Waals surface area contributed by atoms with Crippen molar-refractivity contribution in [1.82, 2.24) is 9.78 Å². The predicted molar refractivity (Wildman–Crippen MR) is 55.9 cm³/mol. The van der Waals surface area contributed by atoms with E-state index in [0.29, 0.717) is 0 Å². The Morgan fingerprint density at radius 1 is 1.31 bits per heavy atom. The van der Waals surface area contributed by atoms with Crippen molar-refractivity contribution in [3.05, 3.63) is 12.4 Å². The van der Waals surface area contributed by atoms with E-state index in [4.69, 9.17) is 0 Å². The molecule has 1 aliphatic rings. The van der Waals surface area contributed by atoms with E-state index >= 15 is 0 Å². The monoisotopic (exact) mass is 223 g/mol. The number of nitrogens with zero attached hydrogens (tertiary/aromatic N) is 3. The van der Waals surface area contributed by atoms with Crippen LogP contribution in [-0.2, 0) is 14.3 Å². The fraction of sp³-hybridized carbons (Fsp3) is 0.500. The quantitative estimate of drug-likeness (QED) is 0.535. The van der Waals surface area contributed by atoms with E-state index in [0.717, 1.165) is 5.69 Å². The molecule has 0 aliphatic carbocycles. The number of cyclic esters (lactones) is 2. The van der Waals surface area contributed by atoms with Crippen molar-refractivity contribution in [2.45, 2.75) is 19.9 Å². The number of morpholine rings is 1. The van der Waals surface area contributed by atoms with Crippen LogP contribution in [0.25, 0.3) is 0 Å². The minimum Gasteiger partial charge on any atom is -0.390 e. The van der Waals surface area contributed by atoms with E-state index in [9.17, 15) is 9.59 Å². The molecule has 0 aromatic carbocycles. The maximum Gasteiger partial charge on any atom is 0.333 e. The second-order valence-corrected chi connectivity index (χ2v) is 3.97. The summed E-state index contributed by atoms with van der Waals surface area (Å²) in [6.07, 6.45) is 3.46. The second kappa shape index (κ2) is 3.96. The molecular weight excluding hydrogens is 210 g/mol. The summed E-state index contributed by atoms with van der Waals surface area (Å²) >= 11 is 0. The van der Waals surface area contributed by atoms with Gasteiger partial charge in [-0.1, -0.05) is 0 Å². The fourth-order valence-electron chi connectivity index (χ4n) is 1.52.